The van der Waals surface area contributed by atoms with Crippen molar-refractivity contribution < 1.29 is 4.74 Å². The van der Waals surface area contributed by atoms with Crippen LogP contribution in [-0.2, 0) is 6.42 Å². The number of aryl methyl sites for hydroxylation is 1. The van der Waals surface area contributed by atoms with Crippen molar-refractivity contribution in [2.45, 2.75) is 26.7 Å². The van der Waals surface area contributed by atoms with Crippen molar-refractivity contribution in [1.29, 1.82) is 0 Å². The van der Waals surface area contributed by atoms with E-state index in [0.717, 1.165) is 29.7 Å². The Labute approximate surface area is 121 Å². The van der Waals surface area contributed by atoms with E-state index in [1.54, 1.807) is 0 Å². The van der Waals surface area contributed by atoms with Crippen molar-refractivity contribution in [3.63, 3.8) is 0 Å². The average molecular weight is 264 g/mol. The molecule has 20 heavy (non-hydrogen) atoms. The van der Waals surface area contributed by atoms with Gasteiger partial charge in [-0.05, 0) is 37.1 Å². The Bertz CT molecular complexity index is 603. The molecule has 0 aromatic heterocycles. The number of hydrogen-bond donors (Lipinski definition) is 0. The lowest BCUT2D eigenvalue weighted by Crippen LogP contribution is -1.99. The van der Waals surface area contributed by atoms with E-state index in [9.17, 15) is 0 Å². The minimum absolute atomic E-state index is 0.667. The third-order valence-corrected chi connectivity index (χ3v) is 3.02. The highest BCUT2D eigenvalue weighted by atomic mass is 16.5. The van der Waals surface area contributed by atoms with Crippen LogP contribution < -0.4 is 4.74 Å². The molecular weight excluding hydrogens is 244 g/mol. The molecular formula is C19H20O. The summed E-state index contributed by atoms with van der Waals surface area (Å²) in [5, 5.41) is 0. The number of benzene rings is 2. The lowest BCUT2D eigenvalue weighted by atomic mass is 10.0. The predicted octanol–water partition coefficient (Wildman–Crippen LogP) is 4.44. The molecule has 2 rings (SSSR count). The van der Waals surface area contributed by atoms with Crippen LogP contribution in [-0.4, -0.2) is 6.61 Å². The average Bonchev–Trinajstić information content (AvgIpc) is 2.49. The van der Waals surface area contributed by atoms with Crippen molar-refractivity contribution in [3.8, 4) is 17.6 Å². The minimum Gasteiger partial charge on any atom is -0.492 e. The first-order chi connectivity index (χ1) is 9.85. The molecule has 0 aliphatic carbocycles. The summed E-state index contributed by atoms with van der Waals surface area (Å²) in [6.45, 7) is 4.86. The van der Waals surface area contributed by atoms with Crippen LogP contribution in [0.25, 0.3) is 0 Å². The van der Waals surface area contributed by atoms with E-state index in [4.69, 9.17) is 4.74 Å². The molecule has 1 nitrogen and oxygen atoms in total. The van der Waals surface area contributed by atoms with Gasteiger partial charge in [0.05, 0.1) is 12.2 Å². The molecule has 0 saturated heterocycles. The van der Waals surface area contributed by atoms with Crippen molar-refractivity contribution in [1.82, 2.24) is 0 Å². The van der Waals surface area contributed by atoms with Crippen LogP contribution in [0.4, 0.5) is 0 Å². The van der Waals surface area contributed by atoms with Gasteiger partial charge in [0.25, 0.3) is 0 Å². The fraction of sp³-hybridized carbons (Fsp3) is 0.263. The van der Waals surface area contributed by atoms with E-state index in [2.05, 4.69) is 30.9 Å². The Kier molecular flexibility index (Phi) is 5.26. The summed E-state index contributed by atoms with van der Waals surface area (Å²) < 4.78 is 5.81. The Morgan fingerprint density at radius 1 is 0.900 bits per heavy atom. The van der Waals surface area contributed by atoms with E-state index in [1.807, 2.05) is 43.3 Å². The summed E-state index contributed by atoms with van der Waals surface area (Å²) in [6.07, 6.45) is 2.13. The van der Waals surface area contributed by atoms with Gasteiger partial charge in [0.1, 0.15) is 5.75 Å². The number of ether oxygens (including phenoxy) is 1. The minimum atomic E-state index is 0.667. The summed E-state index contributed by atoms with van der Waals surface area (Å²) >= 11 is 0. The summed E-state index contributed by atoms with van der Waals surface area (Å²) in [7, 11) is 0. The maximum atomic E-state index is 5.81. The van der Waals surface area contributed by atoms with Crippen molar-refractivity contribution in [2.75, 3.05) is 6.61 Å². The number of para-hydroxylation sites is 1. The standard InChI is InChI=1S/C19H20O/c1-3-9-17-12-8-13-18(19(17)20-4-2)15-14-16-10-6-5-7-11-16/h5-8,10-13H,3-4,9H2,1-2H3. The number of hydrogen-bond acceptors (Lipinski definition) is 1. The molecule has 0 heterocycles. The van der Waals surface area contributed by atoms with Crippen molar-refractivity contribution in [3.05, 3.63) is 65.2 Å². The zero-order valence-electron chi connectivity index (χ0n) is 12.1. The molecule has 0 amide bonds. The largest absolute Gasteiger partial charge is 0.492 e. The highest BCUT2D eigenvalue weighted by Gasteiger charge is 2.07. The first kappa shape index (κ1) is 14.2. The summed E-state index contributed by atoms with van der Waals surface area (Å²) in [5.41, 5.74) is 3.24. The van der Waals surface area contributed by atoms with E-state index < -0.39 is 0 Å². The van der Waals surface area contributed by atoms with E-state index >= 15 is 0 Å². The first-order valence-electron chi connectivity index (χ1n) is 7.17. The van der Waals surface area contributed by atoms with Gasteiger partial charge in [0.2, 0.25) is 0 Å². The van der Waals surface area contributed by atoms with Gasteiger partial charge < -0.3 is 4.74 Å². The molecule has 0 fully saturated rings. The molecule has 0 bridgehead atoms. The zero-order valence-corrected chi connectivity index (χ0v) is 12.1. The van der Waals surface area contributed by atoms with Crippen LogP contribution in [0.1, 0.15) is 37.0 Å². The van der Waals surface area contributed by atoms with E-state index in [1.165, 1.54) is 5.56 Å². The van der Waals surface area contributed by atoms with Gasteiger partial charge in [0.15, 0.2) is 0 Å². The van der Waals surface area contributed by atoms with Gasteiger partial charge in [-0.3, -0.25) is 0 Å². The van der Waals surface area contributed by atoms with Crippen LogP contribution in [0, 0.1) is 11.8 Å². The summed E-state index contributed by atoms with van der Waals surface area (Å²) in [6, 6.07) is 16.2. The van der Waals surface area contributed by atoms with E-state index in [-0.39, 0.29) is 0 Å². The fourth-order valence-corrected chi connectivity index (χ4v) is 2.13. The van der Waals surface area contributed by atoms with Gasteiger partial charge in [-0.2, -0.15) is 0 Å². The molecule has 0 saturated carbocycles. The maximum absolute atomic E-state index is 5.81. The predicted molar refractivity (Wildman–Crippen MR) is 84.0 cm³/mol. The molecule has 0 N–H and O–H groups in total. The van der Waals surface area contributed by atoms with Crippen molar-refractivity contribution in [2.24, 2.45) is 0 Å². The van der Waals surface area contributed by atoms with Crippen LogP contribution in [0.15, 0.2) is 48.5 Å². The second-order valence-corrected chi connectivity index (χ2v) is 4.59. The number of rotatable bonds is 4. The zero-order chi connectivity index (χ0) is 14.2. The van der Waals surface area contributed by atoms with E-state index in [0.29, 0.717) is 6.61 Å². The third kappa shape index (κ3) is 3.65. The topological polar surface area (TPSA) is 9.23 Å². The molecule has 0 aliphatic rings. The third-order valence-electron chi connectivity index (χ3n) is 3.02. The molecule has 0 spiro atoms. The molecule has 2 aromatic rings. The Morgan fingerprint density at radius 3 is 2.40 bits per heavy atom. The normalized spacial score (nSPS) is 9.70. The molecule has 102 valence electrons. The second kappa shape index (κ2) is 7.40. The SMILES string of the molecule is CCCc1cccc(C#Cc2ccccc2)c1OCC. The molecule has 0 aliphatic heterocycles. The van der Waals surface area contributed by atoms with Gasteiger partial charge in [-0.25, -0.2) is 0 Å². The molecule has 2 aromatic carbocycles. The molecule has 0 radical (unpaired) electrons. The maximum Gasteiger partial charge on any atom is 0.138 e. The lowest BCUT2D eigenvalue weighted by molar-refractivity contribution is 0.335. The van der Waals surface area contributed by atoms with Gasteiger partial charge >= 0.3 is 0 Å². The molecule has 0 unspecified atom stereocenters. The van der Waals surface area contributed by atoms with Gasteiger partial charge in [-0.1, -0.05) is 55.5 Å². The highest BCUT2D eigenvalue weighted by molar-refractivity contribution is 5.53. The van der Waals surface area contributed by atoms with Crippen LogP contribution in [0.5, 0.6) is 5.75 Å². The molecule has 1 heteroatoms. The summed E-state index contributed by atoms with van der Waals surface area (Å²) in [5.74, 6) is 7.38. The smallest absolute Gasteiger partial charge is 0.138 e. The summed E-state index contributed by atoms with van der Waals surface area (Å²) in [4.78, 5) is 0. The highest BCUT2D eigenvalue weighted by Crippen LogP contribution is 2.25. The lowest BCUT2D eigenvalue weighted by Gasteiger charge is -2.11. The van der Waals surface area contributed by atoms with Crippen LogP contribution in [0.3, 0.4) is 0 Å². The Balaban J connectivity index is 2.36. The molecule has 0 atom stereocenters. The van der Waals surface area contributed by atoms with Gasteiger partial charge in [0, 0.05) is 5.56 Å². The first-order valence-corrected chi connectivity index (χ1v) is 7.17. The van der Waals surface area contributed by atoms with Crippen LogP contribution >= 0.6 is 0 Å². The van der Waals surface area contributed by atoms with Gasteiger partial charge in [-0.15, -0.1) is 0 Å². The Morgan fingerprint density at radius 2 is 1.70 bits per heavy atom. The second-order valence-electron chi connectivity index (χ2n) is 4.59. The van der Waals surface area contributed by atoms with Crippen LogP contribution in [0.2, 0.25) is 0 Å². The monoisotopic (exact) mass is 264 g/mol. The van der Waals surface area contributed by atoms with Crippen molar-refractivity contribution >= 4 is 0 Å². The fourth-order valence-electron chi connectivity index (χ4n) is 2.13. The quantitative estimate of drug-likeness (QED) is 0.742. The Hall–Kier alpha value is -2.20.